The van der Waals surface area contributed by atoms with Crippen molar-refractivity contribution in [1.29, 1.82) is 0 Å². The lowest BCUT2D eigenvalue weighted by Gasteiger charge is -2.29. The molecular weight excluding hydrogens is 360 g/mol. The molecule has 0 aliphatic carbocycles. The number of carbonyl (C=O) groups is 2. The highest BCUT2D eigenvalue weighted by atomic mass is 32.1. The normalized spacial score (nSPS) is 18.7. The molecule has 0 unspecified atom stereocenters. The highest BCUT2D eigenvalue weighted by Gasteiger charge is 2.34. The number of nitrogens with one attached hydrogen (secondary N) is 1. The van der Waals surface area contributed by atoms with Gasteiger partial charge < -0.3 is 9.73 Å². The number of fused-ring (bicyclic) bond motifs is 1. The summed E-state index contributed by atoms with van der Waals surface area (Å²) in [5.41, 5.74) is 2.35. The van der Waals surface area contributed by atoms with Crippen molar-refractivity contribution in [3.63, 3.8) is 0 Å². The van der Waals surface area contributed by atoms with E-state index in [-0.39, 0.29) is 29.5 Å². The van der Waals surface area contributed by atoms with Gasteiger partial charge in [0.05, 0.1) is 11.7 Å². The van der Waals surface area contributed by atoms with Crippen LogP contribution in [0.5, 0.6) is 0 Å². The van der Waals surface area contributed by atoms with Gasteiger partial charge in [0.1, 0.15) is 5.58 Å². The van der Waals surface area contributed by atoms with Crippen LogP contribution < -0.4 is 5.32 Å². The van der Waals surface area contributed by atoms with Crippen LogP contribution in [0.4, 0.5) is 5.69 Å². The second-order valence-corrected chi connectivity index (χ2v) is 7.76. The van der Waals surface area contributed by atoms with Gasteiger partial charge in [0.2, 0.25) is 5.91 Å². The zero-order valence-electron chi connectivity index (χ0n) is 15.4. The van der Waals surface area contributed by atoms with Crippen molar-refractivity contribution in [3.05, 3.63) is 52.4 Å². The number of carbonyl (C=O) groups excluding carboxylic acids is 2. The standard InChI is InChI=1S/C21H22N2O3S/c1-13(23-10-5-7-17(23)15-9-11-27-12-15)21(25)22-19-16-6-3-4-8-18(16)26-20(19)14(2)24/h3-4,6,8-9,11-13,17H,5,7,10H2,1-2H3,(H,22,25)/t13-,17+/m1/s1. The Kier molecular flexibility index (Phi) is 4.85. The van der Waals surface area contributed by atoms with Gasteiger partial charge in [-0.1, -0.05) is 12.1 Å². The van der Waals surface area contributed by atoms with Crippen molar-refractivity contribution in [2.45, 2.75) is 38.8 Å². The molecule has 1 saturated heterocycles. The summed E-state index contributed by atoms with van der Waals surface area (Å²) in [6.45, 7) is 4.26. The summed E-state index contributed by atoms with van der Waals surface area (Å²) >= 11 is 1.68. The highest BCUT2D eigenvalue weighted by Crippen LogP contribution is 2.36. The number of thiophene rings is 1. The SMILES string of the molecule is CC(=O)c1oc2ccccc2c1NC(=O)[C@@H](C)N1CCC[C@H]1c1ccsc1. The van der Waals surface area contributed by atoms with E-state index in [1.54, 1.807) is 17.4 Å². The molecular formula is C21H22N2O3S. The molecule has 1 aliphatic heterocycles. The minimum absolute atomic E-state index is 0.119. The molecule has 0 radical (unpaired) electrons. The van der Waals surface area contributed by atoms with E-state index in [0.29, 0.717) is 11.3 Å². The minimum Gasteiger partial charge on any atom is -0.451 e. The van der Waals surface area contributed by atoms with Crippen LogP contribution in [0.2, 0.25) is 0 Å². The van der Waals surface area contributed by atoms with Gasteiger partial charge in [-0.15, -0.1) is 0 Å². The van der Waals surface area contributed by atoms with Gasteiger partial charge in [-0.3, -0.25) is 14.5 Å². The van der Waals surface area contributed by atoms with E-state index in [1.807, 2.05) is 25.1 Å². The number of rotatable bonds is 5. The number of likely N-dealkylation sites (tertiary alicyclic amines) is 1. The summed E-state index contributed by atoms with van der Waals surface area (Å²) in [6.07, 6.45) is 2.13. The molecule has 0 spiro atoms. The summed E-state index contributed by atoms with van der Waals surface area (Å²) in [5, 5.41) is 7.95. The van der Waals surface area contributed by atoms with Crippen LogP contribution in [-0.4, -0.2) is 29.2 Å². The lowest BCUT2D eigenvalue weighted by Crippen LogP contribution is -2.41. The first-order chi connectivity index (χ1) is 13.1. The van der Waals surface area contributed by atoms with Crippen LogP contribution in [0.1, 0.15) is 48.8 Å². The van der Waals surface area contributed by atoms with Gasteiger partial charge in [-0.2, -0.15) is 11.3 Å². The third kappa shape index (κ3) is 3.31. The predicted octanol–water partition coefficient (Wildman–Crippen LogP) is 4.86. The van der Waals surface area contributed by atoms with Crippen molar-refractivity contribution in [2.75, 3.05) is 11.9 Å². The quantitative estimate of drug-likeness (QED) is 0.640. The van der Waals surface area contributed by atoms with Crippen LogP contribution in [-0.2, 0) is 4.79 Å². The maximum atomic E-state index is 13.0. The molecule has 6 heteroatoms. The first-order valence-electron chi connectivity index (χ1n) is 9.17. The van der Waals surface area contributed by atoms with E-state index in [0.717, 1.165) is 24.8 Å². The molecule has 0 saturated carbocycles. The van der Waals surface area contributed by atoms with Crippen LogP contribution in [0.3, 0.4) is 0 Å². The van der Waals surface area contributed by atoms with Crippen LogP contribution in [0, 0.1) is 0 Å². The van der Waals surface area contributed by atoms with Crippen molar-refractivity contribution >= 4 is 39.7 Å². The smallest absolute Gasteiger partial charge is 0.241 e. The number of hydrogen-bond acceptors (Lipinski definition) is 5. The van der Waals surface area contributed by atoms with Crippen molar-refractivity contribution in [1.82, 2.24) is 4.90 Å². The fourth-order valence-corrected chi connectivity index (χ4v) is 4.58. The largest absolute Gasteiger partial charge is 0.451 e. The molecule has 4 rings (SSSR count). The summed E-state index contributed by atoms with van der Waals surface area (Å²) in [6, 6.07) is 9.48. The molecule has 1 amide bonds. The molecule has 27 heavy (non-hydrogen) atoms. The number of hydrogen-bond donors (Lipinski definition) is 1. The molecule has 3 heterocycles. The molecule has 2 aromatic heterocycles. The predicted molar refractivity (Wildman–Crippen MR) is 107 cm³/mol. The summed E-state index contributed by atoms with van der Waals surface area (Å²) in [4.78, 5) is 27.3. The Labute approximate surface area is 162 Å². The van der Waals surface area contributed by atoms with Gasteiger partial charge in [0.15, 0.2) is 11.5 Å². The Morgan fingerprint density at radius 1 is 1.30 bits per heavy atom. The number of furan rings is 1. The van der Waals surface area contributed by atoms with Crippen molar-refractivity contribution < 1.29 is 14.0 Å². The number of Topliss-reactive ketones (excluding diaryl/α,β-unsaturated/α-hetero) is 1. The van der Waals surface area contributed by atoms with E-state index in [2.05, 4.69) is 27.0 Å². The first kappa shape index (κ1) is 17.9. The summed E-state index contributed by atoms with van der Waals surface area (Å²) in [7, 11) is 0. The molecule has 1 aliphatic rings. The lowest BCUT2D eigenvalue weighted by atomic mass is 10.1. The molecule has 140 valence electrons. The van der Waals surface area contributed by atoms with Gasteiger partial charge in [-0.25, -0.2) is 0 Å². The Morgan fingerprint density at radius 3 is 2.85 bits per heavy atom. The van der Waals surface area contributed by atoms with E-state index in [4.69, 9.17) is 4.42 Å². The lowest BCUT2D eigenvalue weighted by molar-refractivity contribution is -0.121. The number of ketones is 1. The van der Waals surface area contributed by atoms with Crippen LogP contribution >= 0.6 is 11.3 Å². The summed E-state index contributed by atoms with van der Waals surface area (Å²) < 4.78 is 5.67. The average molecular weight is 382 g/mol. The third-order valence-electron chi connectivity index (χ3n) is 5.26. The van der Waals surface area contributed by atoms with Crippen LogP contribution in [0.25, 0.3) is 11.0 Å². The zero-order chi connectivity index (χ0) is 19.0. The van der Waals surface area contributed by atoms with Crippen molar-refractivity contribution in [2.24, 2.45) is 0 Å². The number of nitrogens with zero attached hydrogens (tertiary/aromatic N) is 1. The van der Waals surface area contributed by atoms with Gasteiger partial charge >= 0.3 is 0 Å². The van der Waals surface area contributed by atoms with E-state index < -0.39 is 0 Å². The van der Waals surface area contributed by atoms with Crippen molar-refractivity contribution in [3.8, 4) is 0 Å². The molecule has 0 bridgehead atoms. The fraction of sp³-hybridized carbons (Fsp3) is 0.333. The molecule has 1 aromatic carbocycles. The molecule has 1 N–H and O–H groups in total. The monoisotopic (exact) mass is 382 g/mol. The molecule has 5 nitrogen and oxygen atoms in total. The number of anilines is 1. The molecule has 3 aromatic rings. The number of benzene rings is 1. The first-order valence-corrected chi connectivity index (χ1v) is 10.1. The van der Waals surface area contributed by atoms with Crippen LogP contribution in [0.15, 0.2) is 45.5 Å². The van der Waals surface area contributed by atoms with E-state index in [9.17, 15) is 9.59 Å². The summed E-state index contributed by atoms with van der Waals surface area (Å²) in [5.74, 6) is -0.120. The van der Waals surface area contributed by atoms with Gasteiger partial charge in [0, 0.05) is 18.4 Å². The Balaban J connectivity index is 1.60. The second-order valence-electron chi connectivity index (χ2n) is 6.98. The third-order valence-corrected chi connectivity index (χ3v) is 5.96. The number of para-hydroxylation sites is 1. The molecule has 1 fully saturated rings. The average Bonchev–Trinajstić information content (AvgIpc) is 3.40. The molecule has 2 atom stereocenters. The Bertz CT molecular complexity index is 977. The minimum atomic E-state index is -0.300. The fourth-order valence-electron chi connectivity index (χ4n) is 3.87. The van der Waals surface area contributed by atoms with E-state index >= 15 is 0 Å². The highest BCUT2D eigenvalue weighted by molar-refractivity contribution is 7.08. The Hall–Kier alpha value is -2.44. The Morgan fingerprint density at radius 2 is 2.11 bits per heavy atom. The van der Waals surface area contributed by atoms with E-state index in [1.165, 1.54) is 12.5 Å². The van der Waals surface area contributed by atoms with Gasteiger partial charge in [-0.05, 0) is 60.8 Å². The topological polar surface area (TPSA) is 62.6 Å². The second kappa shape index (κ2) is 7.29. The maximum absolute atomic E-state index is 13.0. The zero-order valence-corrected chi connectivity index (χ0v) is 16.2. The maximum Gasteiger partial charge on any atom is 0.241 e. The van der Waals surface area contributed by atoms with Gasteiger partial charge in [0.25, 0.3) is 0 Å². The number of amides is 1.